The van der Waals surface area contributed by atoms with Gasteiger partial charge in [0, 0.05) is 0 Å². The molecule has 2 heteroatoms. The van der Waals surface area contributed by atoms with Crippen molar-refractivity contribution >= 4 is 0 Å². The van der Waals surface area contributed by atoms with Gasteiger partial charge in [-0.25, -0.2) is 0 Å². The topological polar surface area (TPSA) is 46.2 Å². The van der Waals surface area contributed by atoms with Crippen LogP contribution in [0.4, 0.5) is 0 Å². The Labute approximate surface area is 79.4 Å². The summed E-state index contributed by atoms with van der Waals surface area (Å²) >= 11 is 0. The van der Waals surface area contributed by atoms with Crippen LogP contribution in [0.2, 0.25) is 0 Å². The van der Waals surface area contributed by atoms with Crippen LogP contribution in [-0.2, 0) is 12.0 Å². The Bertz CT molecular complexity index is 281. The first-order valence-corrected chi connectivity index (χ1v) is 4.59. The highest BCUT2D eigenvalue weighted by Crippen LogP contribution is 2.18. The average Bonchev–Trinajstić information content (AvgIpc) is 2.18. The maximum atomic E-state index is 9.09. The summed E-state index contributed by atoms with van der Waals surface area (Å²) in [6, 6.07) is 8.05. The quantitative estimate of drug-likeness (QED) is 0.737. The predicted octanol–water partition coefficient (Wildman–Crippen LogP) is 1.42. The van der Waals surface area contributed by atoms with Crippen LogP contribution < -0.4 is 5.73 Å². The van der Waals surface area contributed by atoms with Crippen LogP contribution in [0.5, 0.6) is 0 Å². The first-order chi connectivity index (χ1) is 6.10. The van der Waals surface area contributed by atoms with E-state index in [2.05, 4.69) is 19.1 Å². The van der Waals surface area contributed by atoms with Crippen molar-refractivity contribution in [1.82, 2.24) is 0 Å². The fraction of sp³-hybridized carbons (Fsp3) is 0.455. The van der Waals surface area contributed by atoms with E-state index < -0.39 is 5.54 Å². The zero-order chi connectivity index (χ0) is 9.90. The Balaban J connectivity index is 3.01. The van der Waals surface area contributed by atoms with Gasteiger partial charge in [0.05, 0.1) is 12.1 Å². The van der Waals surface area contributed by atoms with Crippen LogP contribution in [0.3, 0.4) is 0 Å². The number of aliphatic hydroxyl groups is 1. The molecular formula is C11H17NO. The first-order valence-electron chi connectivity index (χ1n) is 4.59. The normalized spacial score (nSPS) is 15.4. The van der Waals surface area contributed by atoms with Crippen molar-refractivity contribution in [3.05, 3.63) is 35.4 Å². The summed E-state index contributed by atoms with van der Waals surface area (Å²) in [5, 5.41) is 9.09. The molecule has 0 saturated carbocycles. The molecule has 0 aliphatic carbocycles. The second-order valence-electron chi connectivity index (χ2n) is 3.63. The van der Waals surface area contributed by atoms with Gasteiger partial charge in [0.2, 0.25) is 0 Å². The minimum absolute atomic E-state index is 0.0276. The van der Waals surface area contributed by atoms with Gasteiger partial charge >= 0.3 is 0 Å². The summed E-state index contributed by atoms with van der Waals surface area (Å²) in [4.78, 5) is 0. The summed E-state index contributed by atoms with van der Waals surface area (Å²) in [5.41, 5.74) is 7.54. The Morgan fingerprint density at radius 1 is 1.46 bits per heavy atom. The van der Waals surface area contributed by atoms with E-state index in [0.29, 0.717) is 0 Å². The molecule has 0 aromatic heterocycles. The third-order valence-corrected chi connectivity index (χ3v) is 2.32. The molecule has 0 bridgehead atoms. The van der Waals surface area contributed by atoms with Gasteiger partial charge in [0.1, 0.15) is 0 Å². The van der Waals surface area contributed by atoms with Crippen molar-refractivity contribution in [3.63, 3.8) is 0 Å². The van der Waals surface area contributed by atoms with Crippen molar-refractivity contribution in [1.29, 1.82) is 0 Å². The van der Waals surface area contributed by atoms with E-state index in [-0.39, 0.29) is 6.61 Å². The Kier molecular flexibility index (Phi) is 3.07. The number of hydrogen-bond donors (Lipinski definition) is 2. The first kappa shape index (κ1) is 10.2. The van der Waals surface area contributed by atoms with E-state index >= 15 is 0 Å². The minimum Gasteiger partial charge on any atom is -0.394 e. The molecule has 0 unspecified atom stereocenters. The molecule has 0 spiro atoms. The lowest BCUT2D eigenvalue weighted by Gasteiger charge is -2.22. The van der Waals surface area contributed by atoms with E-state index in [0.717, 1.165) is 12.0 Å². The Morgan fingerprint density at radius 3 is 2.69 bits per heavy atom. The maximum absolute atomic E-state index is 9.09. The minimum atomic E-state index is -0.620. The van der Waals surface area contributed by atoms with E-state index in [4.69, 9.17) is 10.8 Å². The number of aliphatic hydroxyl groups excluding tert-OH is 1. The molecule has 2 nitrogen and oxygen atoms in total. The van der Waals surface area contributed by atoms with Crippen molar-refractivity contribution < 1.29 is 5.11 Å². The van der Waals surface area contributed by atoms with Crippen LogP contribution in [-0.4, -0.2) is 11.7 Å². The van der Waals surface area contributed by atoms with Crippen molar-refractivity contribution in [3.8, 4) is 0 Å². The van der Waals surface area contributed by atoms with Gasteiger partial charge in [-0.1, -0.05) is 31.2 Å². The predicted molar refractivity (Wildman–Crippen MR) is 54.4 cm³/mol. The molecule has 0 radical (unpaired) electrons. The number of rotatable bonds is 3. The van der Waals surface area contributed by atoms with Crippen LogP contribution in [0.25, 0.3) is 0 Å². The second-order valence-corrected chi connectivity index (χ2v) is 3.63. The molecule has 72 valence electrons. The van der Waals surface area contributed by atoms with E-state index in [1.54, 1.807) is 0 Å². The summed E-state index contributed by atoms with van der Waals surface area (Å²) < 4.78 is 0. The molecule has 0 aliphatic heterocycles. The molecule has 0 saturated heterocycles. The zero-order valence-corrected chi connectivity index (χ0v) is 8.25. The van der Waals surface area contributed by atoms with Crippen molar-refractivity contribution in [2.24, 2.45) is 5.73 Å². The highest BCUT2D eigenvalue weighted by Gasteiger charge is 2.19. The van der Waals surface area contributed by atoms with Crippen LogP contribution in [0.15, 0.2) is 24.3 Å². The SMILES string of the molecule is CCc1cccc([C@@](C)(N)CO)c1. The van der Waals surface area contributed by atoms with Gasteiger partial charge in [0.25, 0.3) is 0 Å². The smallest absolute Gasteiger partial charge is 0.0650 e. The average molecular weight is 179 g/mol. The molecule has 1 rings (SSSR count). The molecule has 1 aromatic rings. The van der Waals surface area contributed by atoms with Crippen LogP contribution in [0.1, 0.15) is 25.0 Å². The van der Waals surface area contributed by atoms with Gasteiger partial charge in [-0.05, 0) is 24.5 Å². The largest absolute Gasteiger partial charge is 0.394 e. The standard InChI is InChI=1S/C11H17NO/c1-3-9-5-4-6-10(7-9)11(2,12)8-13/h4-7,13H,3,8,12H2,1-2H3/t11-/m0/s1. The number of benzene rings is 1. The third-order valence-electron chi connectivity index (χ3n) is 2.32. The number of aryl methyl sites for hydroxylation is 1. The summed E-state index contributed by atoms with van der Waals surface area (Å²) in [7, 11) is 0. The summed E-state index contributed by atoms with van der Waals surface area (Å²) in [6.45, 7) is 3.91. The van der Waals surface area contributed by atoms with Crippen molar-refractivity contribution in [2.75, 3.05) is 6.61 Å². The lowest BCUT2D eigenvalue weighted by atomic mass is 9.92. The summed E-state index contributed by atoms with van der Waals surface area (Å²) in [6.07, 6.45) is 0.995. The van der Waals surface area contributed by atoms with Gasteiger partial charge in [-0.3, -0.25) is 0 Å². The highest BCUT2D eigenvalue weighted by atomic mass is 16.3. The van der Waals surface area contributed by atoms with Gasteiger partial charge < -0.3 is 10.8 Å². The van der Waals surface area contributed by atoms with Gasteiger partial charge in [-0.2, -0.15) is 0 Å². The molecule has 0 aliphatic rings. The Morgan fingerprint density at radius 2 is 2.15 bits per heavy atom. The van der Waals surface area contributed by atoms with E-state index in [1.807, 2.05) is 19.1 Å². The molecular weight excluding hydrogens is 162 g/mol. The third kappa shape index (κ3) is 2.29. The zero-order valence-electron chi connectivity index (χ0n) is 8.25. The fourth-order valence-corrected chi connectivity index (χ4v) is 1.24. The van der Waals surface area contributed by atoms with E-state index in [1.165, 1.54) is 5.56 Å². The molecule has 0 heterocycles. The van der Waals surface area contributed by atoms with Gasteiger partial charge in [0.15, 0.2) is 0 Å². The molecule has 13 heavy (non-hydrogen) atoms. The van der Waals surface area contributed by atoms with E-state index in [9.17, 15) is 0 Å². The van der Waals surface area contributed by atoms with Crippen LogP contribution in [0, 0.1) is 0 Å². The van der Waals surface area contributed by atoms with Crippen molar-refractivity contribution in [2.45, 2.75) is 25.8 Å². The van der Waals surface area contributed by atoms with Gasteiger partial charge in [-0.15, -0.1) is 0 Å². The molecule has 0 amide bonds. The summed E-state index contributed by atoms with van der Waals surface area (Å²) in [5.74, 6) is 0. The molecule has 1 aromatic carbocycles. The lowest BCUT2D eigenvalue weighted by Crippen LogP contribution is -2.36. The highest BCUT2D eigenvalue weighted by molar-refractivity contribution is 5.28. The fourth-order valence-electron chi connectivity index (χ4n) is 1.24. The maximum Gasteiger partial charge on any atom is 0.0650 e. The lowest BCUT2D eigenvalue weighted by molar-refractivity contribution is 0.210. The molecule has 3 N–H and O–H groups in total. The molecule has 1 atom stereocenters. The molecule has 0 fully saturated rings. The monoisotopic (exact) mass is 179 g/mol. The number of nitrogens with two attached hydrogens (primary N) is 1. The second kappa shape index (κ2) is 3.90. The number of hydrogen-bond acceptors (Lipinski definition) is 2. The van der Waals surface area contributed by atoms with Crippen LogP contribution >= 0.6 is 0 Å². The Hall–Kier alpha value is -0.860.